The maximum absolute atomic E-state index is 11.8. The number of ether oxygens (including phenoxy) is 2. The van der Waals surface area contributed by atoms with Gasteiger partial charge in [-0.25, -0.2) is 4.99 Å². The Balaban J connectivity index is 0.00000364. The van der Waals surface area contributed by atoms with E-state index in [4.69, 9.17) is 9.47 Å². The Morgan fingerprint density at radius 2 is 2.07 bits per heavy atom. The summed E-state index contributed by atoms with van der Waals surface area (Å²) in [6.45, 7) is 6.20. The van der Waals surface area contributed by atoms with Crippen molar-refractivity contribution in [3.8, 4) is 5.75 Å². The number of nitrogens with one attached hydrogen (secondary N) is 2. The van der Waals surface area contributed by atoms with Crippen molar-refractivity contribution in [3.05, 3.63) is 24.5 Å². The molecular weight excluding hydrogens is 459 g/mol. The minimum atomic E-state index is -0.0564. The van der Waals surface area contributed by atoms with Crippen molar-refractivity contribution in [1.82, 2.24) is 15.6 Å². The number of guanidine groups is 1. The molecule has 1 aromatic rings. The van der Waals surface area contributed by atoms with Gasteiger partial charge < -0.3 is 20.1 Å². The fourth-order valence-electron chi connectivity index (χ4n) is 3.00. The second-order valence-electron chi connectivity index (χ2n) is 6.24. The highest BCUT2D eigenvalue weighted by atomic mass is 127. The van der Waals surface area contributed by atoms with Gasteiger partial charge in [-0.05, 0) is 51.7 Å². The molecule has 0 spiro atoms. The van der Waals surface area contributed by atoms with Gasteiger partial charge in [-0.2, -0.15) is 0 Å². The minimum absolute atomic E-state index is 0. The van der Waals surface area contributed by atoms with E-state index in [0.717, 1.165) is 43.9 Å². The highest BCUT2D eigenvalue weighted by molar-refractivity contribution is 14.0. The number of pyridine rings is 1. The van der Waals surface area contributed by atoms with Crippen LogP contribution in [0.1, 0.15) is 39.5 Å². The first kappa shape index (κ1) is 23.5. The van der Waals surface area contributed by atoms with Crippen LogP contribution in [0.15, 0.2) is 29.5 Å². The fraction of sp³-hybridized carbons (Fsp3) is 0.632. The first-order valence-corrected chi connectivity index (χ1v) is 9.47. The topological polar surface area (TPSA) is 84.8 Å². The van der Waals surface area contributed by atoms with Crippen LogP contribution in [0.5, 0.6) is 5.75 Å². The summed E-state index contributed by atoms with van der Waals surface area (Å²) in [5, 5.41) is 6.73. The van der Waals surface area contributed by atoms with Crippen LogP contribution in [0.25, 0.3) is 0 Å². The summed E-state index contributed by atoms with van der Waals surface area (Å²) in [5.41, 5.74) is 0. The molecule has 0 amide bonds. The van der Waals surface area contributed by atoms with Crippen molar-refractivity contribution in [3.63, 3.8) is 0 Å². The van der Waals surface area contributed by atoms with Gasteiger partial charge in [0.2, 0.25) is 0 Å². The Morgan fingerprint density at radius 3 is 2.70 bits per heavy atom. The van der Waals surface area contributed by atoms with Crippen LogP contribution in [-0.4, -0.2) is 49.3 Å². The molecule has 0 atom stereocenters. The molecule has 1 aliphatic carbocycles. The number of halogens is 1. The number of rotatable bonds is 8. The molecule has 0 bridgehead atoms. The Labute approximate surface area is 178 Å². The van der Waals surface area contributed by atoms with E-state index in [2.05, 4.69) is 20.6 Å². The van der Waals surface area contributed by atoms with E-state index in [0.29, 0.717) is 25.8 Å². The van der Waals surface area contributed by atoms with Gasteiger partial charge in [-0.1, -0.05) is 0 Å². The third kappa shape index (κ3) is 8.77. The van der Waals surface area contributed by atoms with Crippen LogP contribution in [0.4, 0.5) is 0 Å². The predicted octanol–water partition coefficient (Wildman–Crippen LogP) is 2.76. The average molecular weight is 490 g/mol. The van der Waals surface area contributed by atoms with E-state index in [1.807, 2.05) is 26.0 Å². The minimum Gasteiger partial charge on any atom is -0.490 e. The molecule has 0 aliphatic heterocycles. The molecule has 1 fully saturated rings. The summed E-state index contributed by atoms with van der Waals surface area (Å²) in [6.07, 6.45) is 7.02. The molecule has 1 aliphatic rings. The summed E-state index contributed by atoms with van der Waals surface area (Å²) in [5.74, 6) is 1.53. The number of nitrogens with zero attached hydrogens (tertiary/aromatic N) is 2. The number of aliphatic imine (C=N–C) groups is 1. The number of carbonyl (C=O) groups excluding carboxylic acids is 1. The average Bonchev–Trinajstić information content (AvgIpc) is 2.67. The maximum Gasteiger partial charge on any atom is 0.308 e. The van der Waals surface area contributed by atoms with Gasteiger partial charge in [0, 0.05) is 18.8 Å². The molecule has 1 saturated carbocycles. The van der Waals surface area contributed by atoms with E-state index in [9.17, 15) is 4.79 Å². The second-order valence-corrected chi connectivity index (χ2v) is 6.24. The lowest BCUT2D eigenvalue weighted by Crippen LogP contribution is -2.45. The van der Waals surface area contributed by atoms with Crippen LogP contribution < -0.4 is 15.4 Å². The first-order valence-electron chi connectivity index (χ1n) is 9.47. The van der Waals surface area contributed by atoms with E-state index >= 15 is 0 Å². The van der Waals surface area contributed by atoms with Crippen molar-refractivity contribution in [1.29, 1.82) is 0 Å². The maximum atomic E-state index is 11.8. The molecule has 8 heteroatoms. The van der Waals surface area contributed by atoms with Crippen LogP contribution in [0, 0.1) is 5.92 Å². The summed E-state index contributed by atoms with van der Waals surface area (Å²) in [4.78, 5) is 20.4. The van der Waals surface area contributed by atoms with E-state index in [1.165, 1.54) is 0 Å². The summed E-state index contributed by atoms with van der Waals surface area (Å²) in [7, 11) is 0. The summed E-state index contributed by atoms with van der Waals surface area (Å²) >= 11 is 0. The molecule has 0 aromatic carbocycles. The number of hydrogen-bond donors (Lipinski definition) is 2. The molecule has 2 N–H and O–H groups in total. The highest BCUT2D eigenvalue weighted by Gasteiger charge is 2.27. The van der Waals surface area contributed by atoms with Gasteiger partial charge in [-0.15, -0.1) is 24.0 Å². The molecule has 1 heterocycles. The number of carbonyl (C=O) groups is 1. The monoisotopic (exact) mass is 490 g/mol. The van der Waals surface area contributed by atoms with Crippen LogP contribution in [0.2, 0.25) is 0 Å². The molecule has 27 heavy (non-hydrogen) atoms. The van der Waals surface area contributed by atoms with E-state index in [1.54, 1.807) is 12.4 Å². The summed E-state index contributed by atoms with van der Waals surface area (Å²) < 4.78 is 10.7. The molecular formula is C19H31IN4O3. The molecule has 0 unspecified atom stereocenters. The summed E-state index contributed by atoms with van der Waals surface area (Å²) in [6, 6.07) is 4.05. The van der Waals surface area contributed by atoms with Crippen molar-refractivity contribution >= 4 is 35.9 Å². The Bertz CT molecular complexity index is 563. The third-order valence-electron chi connectivity index (χ3n) is 4.30. The van der Waals surface area contributed by atoms with Gasteiger partial charge in [-0.3, -0.25) is 9.78 Å². The molecule has 2 rings (SSSR count). The standard InChI is InChI=1S/C19H30N4O3.HI/c1-3-21-19(22-12-13-26-17-6-5-11-20-14-17)23-16-9-7-15(8-10-16)18(24)25-4-2;/h5-6,11,14-16H,3-4,7-10,12-13H2,1-2H3,(H2,21,22,23);1H. The normalized spacial score (nSPS) is 19.6. The van der Waals surface area contributed by atoms with Gasteiger partial charge in [0.05, 0.1) is 25.3 Å². The lowest BCUT2D eigenvalue weighted by Gasteiger charge is -2.29. The van der Waals surface area contributed by atoms with E-state index in [-0.39, 0.29) is 35.9 Å². The zero-order chi connectivity index (χ0) is 18.6. The van der Waals surface area contributed by atoms with Crippen molar-refractivity contribution < 1.29 is 14.3 Å². The van der Waals surface area contributed by atoms with Crippen LogP contribution in [0.3, 0.4) is 0 Å². The molecule has 7 nitrogen and oxygen atoms in total. The molecule has 0 saturated heterocycles. The largest absolute Gasteiger partial charge is 0.490 e. The lowest BCUT2D eigenvalue weighted by molar-refractivity contribution is -0.149. The van der Waals surface area contributed by atoms with Crippen molar-refractivity contribution in [2.45, 2.75) is 45.6 Å². The Kier molecular flexibility index (Phi) is 11.8. The number of esters is 1. The SMILES string of the molecule is CCNC(=NCCOc1cccnc1)NC1CCC(C(=O)OCC)CC1.I. The zero-order valence-corrected chi connectivity index (χ0v) is 18.5. The zero-order valence-electron chi connectivity index (χ0n) is 16.1. The molecule has 152 valence electrons. The molecule has 1 aromatic heterocycles. The fourth-order valence-corrected chi connectivity index (χ4v) is 3.00. The second kappa shape index (κ2) is 13.6. The van der Waals surface area contributed by atoms with Crippen molar-refractivity contribution in [2.24, 2.45) is 10.9 Å². The van der Waals surface area contributed by atoms with Gasteiger partial charge >= 0.3 is 5.97 Å². The van der Waals surface area contributed by atoms with Gasteiger partial charge in [0.1, 0.15) is 12.4 Å². The smallest absolute Gasteiger partial charge is 0.308 e. The molecule has 0 radical (unpaired) electrons. The van der Waals surface area contributed by atoms with Crippen LogP contribution in [-0.2, 0) is 9.53 Å². The van der Waals surface area contributed by atoms with Crippen LogP contribution >= 0.6 is 24.0 Å². The quantitative estimate of drug-likeness (QED) is 0.192. The third-order valence-corrected chi connectivity index (χ3v) is 4.30. The Hall–Kier alpha value is -1.58. The predicted molar refractivity (Wildman–Crippen MR) is 117 cm³/mol. The Morgan fingerprint density at radius 1 is 1.30 bits per heavy atom. The van der Waals surface area contributed by atoms with Crippen molar-refractivity contribution in [2.75, 3.05) is 26.3 Å². The number of aromatic nitrogens is 1. The van der Waals surface area contributed by atoms with Gasteiger partial charge in [0.25, 0.3) is 0 Å². The lowest BCUT2D eigenvalue weighted by atomic mass is 9.86. The van der Waals surface area contributed by atoms with Gasteiger partial charge in [0.15, 0.2) is 5.96 Å². The highest BCUT2D eigenvalue weighted by Crippen LogP contribution is 2.25. The first-order chi connectivity index (χ1) is 12.7. The number of hydrogen-bond acceptors (Lipinski definition) is 5. The van der Waals surface area contributed by atoms with E-state index < -0.39 is 0 Å².